The third-order valence-electron chi connectivity index (χ3n) is 4.29. The van der Waals surface area contributed by atoms with Crippen LogP contribution in [0, 0.1) is 19.7 Å². The first kappa shape index (κ1) is 20.1. The Morgan fingerprint density at radius 1 is 1.14 bits per heavy atom. The molecule has 3 rings (SSSR count). The van der Waals surface area contributed by atoms with E-state index >= 15 is 0 Å². The van der Waals surface area contributed by atoms with Crippen molar-refractivity contribution in [1.29, 1.82) is 0 Å². The average molecular weight is 418 g/mol. The number of aryl methyl sites for hydroxylation is 1. The lowest BCUT2D eigenvalue weighted by molar-refractivity contribution is -0.120. The highest BCUT2D eigenvalue weighted by Gasteiger charge is 2.12. The number of benzene rings is 2. The van der Waals surface area contributed by atoms with Crippen LogP contribution in [0.1, 0.15) is 22.5 Å². The monoisotopic (exact) mass is 417 g/mol. The second-order valence-electron chi connectivity index (χ2n) is 6.35. The van der Waals surface area contributed by atoms with E-state index in [0.717, 1.165) is 22.6 Å². The second-order valence-corrected chi connectivity index (χ2v) is 7.20. The molecule has 0 aliphatic carbocycles. The van der Waals surface area contributed by atoms with Gasteiger partial charge in [0.2, 0.25) is 5.91 Å². The van der Waals surface area contributed by atoms with Crippen LogP contribution in [0.2, 0.25) is 10.0 Å². The molecule has 0 radical (unpaired) electrons. The second kappa shape index (κ2) is 8.59. The first-order valence-electron chi connectivity index (χ1n) is 8.56. The van der Waals surface area contributed by atoms with Crippen molar-refractivity contribution in [2.45, 2.75) is 20.3 Å². The lowest BCUT2D eigenvalue weighted by atomic mass is 10.1. The summed E-state index contributed by atoms with van der Waals surface area (Å²) in [6, 6.07) is 13.1. The smallest absolute Gasteiger partial charge is 0.244 e. The minimum Gasteiger partial charge on any atom is -0.316 e. The van der Waals surface area contributed by atoms with E-state index in [1.54, 1.807) is 30.5 Å². The molecule has 28 heavy (non-hydrogen) atoms. The highest BCUT2D eigenvalue weighted by Crippen LogP contribution is 2.28. The molecule has 0 unspecified atom stereocenters. The lowest BCUT2D eigenvalue weighted by Gasteiger charge is -2.11. The number of aromatic nitrogens is 1. The molecule has 1 N–H and O–H groups in total. The van der Waals surface area contributed by atoms with Crippen LogP contribution in [0.3, 0.4) is 0 Å². The molecule has 7 heteroatoms. The van der Waals surface area contributed by atoms with Gasteiger partial charge in [-0.3, -0.25) is 4.79 Å². The van der Waals surface area contributed by atoms with Crippen LogP contribution in [-0.4, -0.2) is 16.7 Å². The minimum absolute atomic E-state index is 0.122. The van der Waals surface area contributed by atoms with Gasteiger partial charge in [0.25, 0.3) is 0 Å². The molecule has 4 nitrogen and oxygen atoms in total. The molecular weight excluding hydrogens is 400 g/mol. The normalized spacial score (nSPS) is 11.2. The van der Waals surface area contributed by atoms with Crippen molar-refractivity contribution in [3.8, 4) is 5.69 Å². The van der Waals surface area contributed by atoms with Gasteiger partial charge in [-0.05, 0) is 55.8 Å². The van der Waals surface area contributed by atoms with Crippen molar-refractivity contribution in [3.63, 3.8) is 0 Å². The van der Waals surface area contributed by atoms with Gasteiger partial charge in [-0.25, -0.2) is 9.82 Å². The highest BCUT2D eigenvalue weighted by molar-refractivity contribution is 6.35. The van der Waals surface area contributed by atoms with Crippen LogP contribution in [-0.2, 0) is 11.2 Å². The minimum atomic E-state index is -0.335. The SMILES string of the molecule is Cc1cc(/C=N/NC(=O)Cc2ccc(F)cc2)c(C)n1-c1ccc(Cl)cc1Cl. The predicted octanol–water partition coefficient (Wildman–Crippen LogP) is 5.23. The fraction of sp³-hybridized carbons (Fsp3) is 0.143. The average Bonchev–Trinajstić information content (AvgIpc) is 2.91. The van der Waals surface area contributed by atoms with Crippen molar-refractivity contribution in [2.24, 2.45) is 5.10 Å². The van der Waals surface area contributed by atoms with E-state index in [1.807, 2.05) is 30.5 Å². The Morgan fingerprint density at radius 2 is 1.86 bits per heavy atom. The van der Waals surface area contributed by atoms with E-state index < -0.39 is 0 Å². The predicted molar refractivity (Wildman–Crippen MR) is 111 cm³/mol. The number of hydrogen-bond donors (Lipinski definition) is 1. The van der Waals surface area contributed by atoms with E-state index in [0.29, 0.717) is 15.6 Å². The molecule has 0 atom stereocenters. The molecule has 144 valence electrons. The summed E-state index contributed by atoms with van der Waals surface area (Å²) in [5, 5.41) is 5.15. The summed E-state index contributed by atoms with van der Waals surface area (Å²) in [7, 11) is 0. The Labute approximate surface area is 172 Å². The molecule has 0 saturated heterocycles. The van der Waals surface area contributed by atoms with Gasteiger partial charge in [-0.15, -0.1) is 0 Å². The molecule has 0 aliphatic heterocycles. The van der Waals surface area contributed by atoms with Gasteiger partial charge in [-0.1, -0.05) is 35.3 Å². The van der Waals surface area contributed by atoms with E-state index in [2.05, 4.69) is 10.5 Å². The van der Waals surface area contributed by atoms with Crippen molar-refractivity contribution >= 4 is 35.3 Å². The van der Waals surface area contributed by atoms with Crippen LogP contribution < -0.4 is 5.43 Å². The molecule has 1 amide bonds. The Morgan fingerprint density at radius 3 is 2.54 bits per heavy atom. The third kappa shape index (κ3) is 4.61. The number of hydrazone groups is 1. The standard InChI is InChI=1S/C21H18Cl2FN3O/c1-13-9-16(14(2)27(13)20-8-5-17(22)11-19(20)23)12-25-26-21(28)10-15-3-6-18(24)7-4-15/h3-9,11-12H,10H2,1-2H3,(H,26,28)/b25-12+. The first-order valence-corrected chi connectivity index (χ1v) is 9.31. The first-order chi connectivity index (χ1) is 13.3. The number of carbonyl (C=O) groups is 1. The molecule has 0 fully saturated rings. The zero-order chi connectivity index (χ0) is 20.3. The number of amides is 1. The summed E-state index contributed by atoms with van der Waals surface area (Å²) in [4.78, 5) is 12.0. The van der Waals surface area contributed by atoms with Gasteiger partial charge in [0, 0.05) is 22.0 Å². The highest BCUT2D eigenvalue weighted by atomic mass is 35.5. The van der Waals surface area contributed by atoms with E-state index in [4.69, 9.17) is 23.2 Å². The topological polar surface area (TPSA) is 46.4 Å². The van der Waals surface area contributed by atoms with Gasteiger partial charge in [-0.2, -0.15) is 5.10 Å². The molecule has 1 aromatic heterocycles. The van der Waals surface area contributed by atoms with Crippen molar-refractivity contribution in [3.05, 3.63) is 86.9 Å². The van der Waals surface area contributed by atoms with E-state index in [1.165, 1.54) is 12.1 Å². The molecule has 0 aliphatic rings. The number of hydrogen-bond acceptors (Lipinski definition) is 2. The van der Waals surface area contributed by atoms with Gasteiger partial charge in [0.1, 0.15) is 5.82 Å². The summed E-state index contributed by atoms with van der Waals surface area (Å²) in [5.41, 5.74) is 6.78. The molecule has 0 spiro atoms. The Hall–Kier alpha value is -2.63. The van der Waals surface area contributed by atoms with Crippen LogP contribution in [0.4, 0.5) is 4.39 Å². The molecule has 2 aromatic carbocycles. The molecule has 3 aromatic rings. The largest absolute Gasteiger partial charge is 0.316 e. The Kier molecular flexibility index (Phi) is 6.17. The number of rotatable bonds is 5. The molecular formula is C21H18Cl2FN3O. The van der Waals surface area contributed by atoms with Crippen LogP contribution in [0.5, 0.6) is 0 Å². The van der Waals surface area contributed by atoms with E-state index in [9.17, 15) is 9.18 Å². The summed E-state index contributed by atoms with van der Waals surface area (Å²) >= 11 is 12.3. The van der Waals surface area contributed by atoms with Crippen molar-refractivity contribution in [2.75, 3.05) is 0 Å². The summed E-state index contributed by atoms with van der Waals surface area (Å²) < 4.78 is 14.9. The maximum atomic E-state index is 12.9. The summed E-state index contributed by atoms with van der Waals surface area (Å²) in [5.74, 6) is -0.615. The van der Waals surface area contributed by atoms with Crippen LogP contribution in [0.15, 0.2) is 53.6 Å². The van der Waals surface area contributed by atoms with Gasteiger partial charge >= 0.3 is 0 Å². The van der Waals surface area contributed by atoms with Crippen LogP contribution in [0.25, 0.3) is 5.69 Å². The Bertz CT molecular complexity index is 1040. The number of nitrogens with one attached hydrogen (secondary N) is 1. The van der Waals surface area contributed by atoms with Crippen LogP contribution >= 0.6 is 23.2 Å². The zero-order valence-electron chi connectivity index (χ0n) is 15.3. The fourth-order valence-electron chi connectivity index (χ4n) is 2.95. The number of carbonyl (C=O) groups excluding carboxylic acids is 1. The summed E-state index contributed by atoms with van der Waals surface area (Å²) in [6.07, 6.45) is 1.71. The molecule has 1 heterocycles. The fourth-order valence-corrected chi connectivity index (χ4v) is 3.45. The quantitative estimate of drug-likeness (QED) is 0.448. The molecule has 0 bridgehead atoms. The van der Waals surface area contributed by atoms with Gasteiger partial charge in [0.15, 0.2) is 0 Å². The number of halogens is 3. The third-order valence-corrected chi connectivity index (χ3v) is 4.83. The van der Waals surface area contributed by atoms with E-state index in [-0.39, 0.29) is 18.1 Å². The molecule has 0 saturated carbocycles. The maximum absolute atomic E-state index is 12.9. The lowest BCUT2D eigenvalue weighted by Crippen LogP contribution is -2.19. The van der Waals surface area contributed by atoms with Gasteiger partial charge in [0.05, 0.1) is 23.3 Å². The van der Waals surface area contributed by atoms with Gasteiger partial charge < -0.3 is 4.57 Å². The Balaban J connectivity index is 1.72. The maximum Gasteiger partial charge on any atom is 0.244 e. The summed E-state index contributed by atoms with van der Waals surface area (Å²) in [6.45, 7) is 3.90. The van der Waals surface area contributed by atoms with Crippen molar-refractivity contribution in [1.82, 2.24) is 9.99 Å². The zero-order valence-corrected chi connectivity index (χ0v) is 16.9. The number of nitrogens with zero attached hydrogens (tertiary/aromatic N) is 2. The van der Waals surface area contributed by atoms with Crippen molar-refractivity contribution < 1.29 is 9.18 Å².